The van der Waals surface area contributed by atoms with Gasteiger partial charge in [0.05, 0.1) is 12.5 Å². The largest absolute Gasteiger partial charge is 0.466 e. The zero-order valence-corrected chi connectivity index (χ0v) is 8.74. The molecule has 0 aromatic heterocycles. The minimum atomic E-state index is -0.0607. The molecule has 2 N–H and O–H groups in total. The van der Waals surface area contributed by atoms with E-state index in [1.54, 1.807) is 0 Å². The minimum Gasteiger partial charge on any atom is -0.466 e. The van der Waals surface area contributed by atoms with Crippen molar-refractivity contribution in [1.29, 1.82) is 0 Å². The van der Waals surface area contributed by atoms with E-state index < -0.39 is 0 Å². The SMILES string of the molecule is CCOC(=O)C1[C@H]2CC[C@@H](CC2)[C@@H]1N. The van der Waals surface area contributed by atoms with E-state index in [4.69, 9.17) is 10.5 Å². The van der Waals surface area contributed by atoms with Crippen LogP contribution >= 0.6 is 0 Å². The quantitative estimate of drug-likeness (QED) is 0.679. The Morgan fingerprint density at radius 3 is 2.36 bits per heavy atom. The van der Waals surface area contributed by atoms with Gasteiger partial charge in [0.2, 0.25) is 0 Å². The Kier molecular flexibility index (Phi) is 2.77. The smallest absolute Gasteiger partial charge is 0.310 e. The molecule has 0 spiro atoms. The van der Waals surface area contributed by atoms with Crippen molar-refractivity contribution in [3.05, 3.63) is 0 Å². The molecule has 14 heavy (non-hydrogen) atoms. The van der Waals surface area contributed by atoms with Crippen molar-refractivity contribution in [3.63, 3.8) is 0 Å². The Morgan fingerprint density at radius 1 is 1.29 bits per heavy atom. The first-order valence-corrected chi connectivity index (χ1v) is 5.66. The molecule has 0 radical (unpaired) electrons. The fourth-order valence-corrected chi connectivity index (χ4v) is 3.08. The molecule has 3 saturated carbocycles. The number of nitrogens with two attached hydrogens (primary N) is 1. The van der Waals surface area contributed by atoms with Crippen LogP contribution in [-0.4, -0.2) is 18.6 Å². The van der Waals surface area contributed by atoms with E-state index in [-0.39, 0.29) is 17.9 Å². The van der Waals surface area contributed by atoms with Crippen molar-refractivity contribution < 1.29 is 9.53 Å². The van der Waals surface area contributed by atoms with Gasteiger partial charge in [-0.2, -0.15) is 0 Å². The lowest BCUT2D eigenvalue weighted by Crippen LogP contribution is -2.52. The third-order valence-corrected chi connectivity index (χ3v) is 3.84. The average Bonchev–Trinajstić information content (AvgIpc) is 2.19. The third-order valence-electron chi connectivity index (χ3n) is 3.84. The van der Waals surface area contributed by atoms with Gasteiger partial charge in [-0.25, -0.2) is 0 Å². The van der Waals surface area contributed by atoms with Crippen LogP contribution in [0.15, 0.2) is 0 Å². The monoisotopic (exact) mass is 197 g/mol. The van der Waals surface area contributed by atoms with Crippen molar-refractivity contribution >= 4 is 5.97 Å². The molecule has 0 heterocycles. The summed E-state index contributed by atoms with van der Waals surface area (Å²) in [5, 5.41) is 0. The lowest BCUT2D eigenvalue weighted by molar-refractivity contribution is -0.155. The predicted molar refractivity (Wildman–Crippen MR) is 53.5 cm³/mol. The Morgan fingerprint density at radius 2 is 1.86 bits per heavy atom. The molecule has 3 heteroatoms. The molecule has 3 fully saturated rings. The Labute approximate surface area is 85.0 Å². The zero-order chi connectivity index (χ0) is 10.1. The van der Waals surface area contributed by atoms with Gasteiger partial charge in [-0.05, 0) is 44.4 Å². The van der Waals surface area contributed by atoms with Gasteiger partial charge in [-0.1, -0.05) is 0 Å². The lowest BCUT2D eigenvalue weighted by atomic mass is 9.62. The zero-order valence-electron chi connectivity index (χ0n) is 8.74. The van der Waals surface area contributed by atoms with Gasteiger partial charge >= 0.3 is 5.97 Å². The number of esters is 1. The van der Waals surface area contributed by atoms with Crippen molar-refractivity contribution in [2.45, 2.75) is 38.6 Å². The predicted octanol–water partition coefficient (Wildman–Crippen LogP) is 1.31. The van der Waals surface area contributed by atoms with Crippen LogP contribution in [0.2, 0.25) is 0 Å². The number of ether oxygens (including phenoxy) is 1. The van der Waals surface area contributed by atoms with Crippen molar-refractivity contribution in [3.8, 4) is 0 Å². The number of carbonyl (C=O) groups is 1. The van der Waals surface area contributed by atoms with Crippen LogP contribution in [0.3, 0.4) is 0 Å². The summed E-state index contributed by atoms with van der Waals surface area (Å²) in [6.07, 6.45) is 4.76. The standard InChI is InChI=1S/C11H19NO2/c1-2-14-11(13)9-7-3-5-8(6-4-7)10(9)12/h7-10H,2-6,12H2,1H3/t7-,8-,9?,10-/m0/s1. The summed E-state index contributed by atoms with van der Waals surface area (Å²) in [5.74, 6) is 0.986. The maximum atomic E-state index is 11.7. The molecule has 3 aliphatic rings. The second-order valence-electron chi connectivity index (χ2n) is 4.53. The first-order chi connectivity index (χ1) is 6.74. The van der Waals surface area contributed by atoms with Crippen molar-refractivity contribution in [1.82, 2.24) is 0 Å². The maximum Gasteiger partial charge on any atom is 0.310 e. The second-order valence-corrected chi connectivity index (χ2v) is 4.53. The molecule has 3 rings (SSSR count). The maximum absolute atomic E-state index is 11.7. The van der Waals surface area contributed by atoms with E-state index in [9.17, 15) is 4.79 Å². The van der Waals surface area contributed by atoms with Gasteiger partial charge < -0.3 is 10.5 Å². The van der Waals surface area contributed by atoms with E-state index in [1.807, 2.05) is 6.92 Å². The molecule has 0 saturated heterocycles. The molecule has 3 aliphatic carbocycles. The van der Waals surface area contributed by atoms with Crippen molar-refractivity contribution in [2.75, 3.05) is 6.61 Å². The number of hydrogen-bond donors (Lipinski definition) is 1. The van der Waals surface area contributed by atoms with Gasteiger partial charge in [-0.15, -0.1) is 0 Å². The molecule has 0 aliphatic heterocycles. The molecular formula is C11H19NO2. The van der Waals surface area contributed by atoms with Crippen LogP contribution in [0.1, 0.15) is 32.6 Å². The fourth-order valence-electron chi connectivity index (χ4n) is 3.08. The van der Waals surface area contributed by atoms with Gasteiger partial charge in [0, 0.05) is 6.04 Å². The molecule has 0 amide bonds. The fraction of sp³-hybridized carbons (Fsp3) is 0.909. The van der Waals surface area contributed by atoms with Gasteiger partial charge in [0.15, 0.2) is 0 Å². The van der Waals surface area contributed by atoms with Crippen LogP contribution in [0.4, 0.5) is 0 Å². The van der Waals surface area contributed by atoms with E-state index in [2.05, 4.69) is 0 Å². The number of hydrogen-bond acceptors (Lipinski definition) is 3. The van der Waals surface area contributed by atoms with E-state index >= 15 is 0 Å². The molecule has 2 bridgehead atoms. The molecular weight excluding hydrogens is 178 g/mol. The topological polar surface area (TPSA) is 52.3 Å². The lowest BCUT2D eigenvalue weighted by Gasteiger charge is -2.45. The van der Waals surface area contributed by atoms with E-state index in [0.29, 0.717) is 18.4 Å². The first kappa shape index (κ1) is 9.97. The Bertz CT molecular complexity index is 219. The highest BCUT2D eigenvalue weighted by Crippen LogP contribution is 2.44. The first-order valence-electron chi connectivity index (χ1n) is 5.66. The van der Waals surface area contributed by atoms with E-state index in [1.165, 1.54) is 25.7 Å². The normalized spacial score (nSPS) is 41.0. The highest BCUT2D eigenvalue weighted by atomic mass is 16.5. The molecule has 1 unspecified atom stereocenters. The van der Waals surface area contributed by atoms with Crippen molar-refractivity contribution in [2.24, 2.45) is 23.5 Å². The van der Waals surface area contributed by atoms with Crippen LogP contribution in [0, 0.1) is 17.8 Å². The Balaban J connectivity index is 2.06. The number of carbonyl (C=O) groups excluding carboxylic acids is 1. The van der Waals surface area contributed by atoms with E-state index in [0.717, 1.165) is 0 Å². The van der Waals surface area contributed by atoms with Crippen LogP contribution < -0.4 is 5.73 Å². The molecule has 3 nitrogen and oxygen atoms in total. The van der Waals surface area contributed by atoms with Crippen LogP contribution in [0.25, 0.3) is 0 Å². The molecule has 0 aromatic rings. The third kappa shape index (κ3) is 1.54. The van der Waals surface area contributed by atoms with Crippen LogP contribution in [0.5, 0.6) is 0 Å². The summed E-state index contributed by atoms with van der Waals surface area (Å²) in [5.41, 5.74) is 6.09. The van der Waals surface area contributed by atoms with Gasteiger partial charge in [0.1, 0.15) is 0 Å². The highest BCUT2D eigenvalue weighted by molar-refractivity contribution is 5.74. The highest BCUT2D eigenvalue weighted by Gasteiger charge is 2.45. The number of fused-ring (bicyclic) bond motifs is 3. The van der Waals surface area contributed by atoms with Gasteiger partial charge in [0.25, 0.3) is 0 Å². The Hall–Kier alpha value is -0.570. The summed E-state index contributed by atoms with van der Waals surface area (Å²) >= 11 is 0. The average molecular weight is 197 g/mol. The molecule has 80 valence electrons. The summed E-state index contributed by atoms with van der Waals surface area (Å²) in [4.78, 5) is 11.7. The van der Waals surface area contributed by atoms with Crippen LogP contribution in [-0.2, 0) is 9.53 Å². The van der Waals surface area contributed by atoms with Gasteiger partial charge in [-0.3, -0.25) is 4.79 Å². The second kappa shape index (κ2) is 3.89. The number of rotatable bonds is 2. The minimum absolute atomic E-state index is 0.0116. The molecule has 0 aromatic carbocycles. The summed E-state index contributed by atoms with van der Waals surface area (Å²) < 4.78 is 5.09. The summed E-state index contributed by atoms with van der Waals surface area (Å²) in [6.45, 7) is 2.32. The summed E-state index contributed by atoms with van der Waals surface area (Å²) in [7, 11) is 0. The molecule has 2 atom stereocenters. The summed E-state index contributed by atoms with van der Waals surface area (Å²) in [6, 6.07) is 0.0570.